The summed E-state index contributed by atoms with van der Waals surface area (Å²) in [7, 11) is 1.61. The highest BCUT2D eigenvalue weighted by atomic mass is 16.5. The fraction of sp³-hybridized carbons (Fsp3) is 0.235. The topological polar surface area (TPSA) is 84.8 Å². The predicted molar refractivity (Wildman–Crippen MR) is 89.7 cm³/mol. The standard InChI is InChI=1S/C17H19N5O2/c1-12(11-22-8-4-7-18-22)19-17(23)16-10-15(20-21-16)13-5-3-6-14(9-13)24-2/h3-10,12H,11H2,1-2H3,(H,19,23)(H,20,21). The van der Waals surface area contributed by atoms with E-state index in [1.165, 1.54) is 0 Å². The first kappa shape index (κ1) is 15.8. The van der Waals surface area contributed by atoms with E-state index in [4.69, 9.17) is 4.74 Å². The summed E-state index contributed by atoms with van der Waals surface area (Å²) in [6, 6.07) is 11.1. The van der Waals surface area contributed by atoms with E-state index in [-0.39, 0.29) is 11.9 Å². The Labute approximate surface area is 139 Å². The third kappa shape index (κ3) is 3.62. The maximum Gasteiger partial charge on any atom is 0.269 e. The first-order valence-electron chi connectivity index (χ1n) is 7.64. The van der Waals surface area contributed by atoms with E-state index in [1.807, 2.05) is 43.5 Å². The molecule has 0 aliphatic rings. The van der Waals surface area contributed by atoms with Gasteiger partial charge in [-0.3, -0.25) is 14.6 Å². The molecule has 3 rings (SSSR count). The maximum atomic E-state index is 12.3. The van der Waals surface area contributed by atoms with E-state index in [2.05, 4.69) is 20.6 Å². The number of aromatic amines is 1. The van der Waals surface area contributed by atoms with Gasteiger partial charge in [-0.2, -0.15) is 10.2 Å². The second-order valence-corrected chi connectivity index (χ2v) is 5.50. The van der Waals surface area contributed by atoms with Crippen LogP contribution >= 0.6 is 0 Å². The molecule has 0 spiro atoms. The zero-order valence-electron chi connectivity index (χ0n) is 13.6. The van der Waals surface area contributed by atoms with E-state index in [0.29, 0.717) is 17.9 Å². The molecule has 0 fully saturated rings. The van der Waals surface area contributed by atoms with Crippen molar-refractivity contribution in [1.82, 2.24) is 25.3 Å². The Bertz CT molecular complexity index is 810. The Morgan fingerprint density at radius 2 is 2.25 bits per heavy atom. The molecule has 0 bridgehead atoms. The second kappa shape index (κ2) is 6.99. The van der Waals surface area contributed by atoms with Crippen LogP contribution in [-0.2, 0) is 6.54 Å². The summed E-state index contributed by atoms with van der Waals surface area (Å²) in [5.74, 6) is 0.547. The van der Waals surface area contributed by atoms with Gasteiger partial charge in [0.15, 0.2) is 0 Å². The minimum atomic E-state index is -0.198. The lowest BCUT2D eigenvalue weighted by Gasteiger charge is -2.12. The quantitative estimate of drug-likeness (QED) is 0.727. The molecule has 1 unspecified atom stereocenters. The Morgan fingerprint density at radius 3 is 3.00 bits per heavy atom. The van der Waals surface area contributed by atoms with Gasteiger partial charge in [-0.25, -0.2) is 0 Å². The summed E-state index contributed by atoms with van der Waals surface area (Å²) in [5, 5.41) is 14.0. The Kier molecular flexibility index (Phi) is 4.60. The molecule has 0 radical (unpaired) electrons. The van der Waals surface area contributed by atoms with Gasteiger partial charge >= 0.3 is 0 Å². The number of amides is 1. The molecule has 1 amide bonds. The number of methoxy groups -OCH3 is 1. The minimum Gasteiger partial charge on any atom is -0.497 e. The highest BCUT2D eigenvalue weighted by Crippen LogP contribution is 2.22. The Balaban J connectivity index is 1.67. The van der Waals surface area contributed by atoms with Gasteiger partial charge in [0.2, 0.25) is 0 Å². The van der Waals surface area contributed by atoms with Crippen molar-refractivity contribution in [3.8, 4) is 17.0 Å². The molecule has 2 N–H and O–H groups in total. The van der Waals surface area contributed by atoms with Crippen LogP contribution in [0.15, 0.2) is 48.8 Å². The number of rotatable bonds is 6. The fourth-order valence-corrected chi connectivity index (χ4v) is 2.40. The monoisotopic (exact) mass is 325 g/mol. The minimum absolute atomic E-state index is 0.0547. The lowest BCUT2D eigenvalue weighted by atomic mass is 10.1. The first-order chi connectivity index (χ1) is 11.7. The number of nitrogens with zero attached hydrogens (tertiary/aromatic N) is 3. The average Bonchev–Trinajstić information content (AvgIpc) is 3.26. The van der Waals surface area contributed by atoms with Crippen LogP contribution in [0.4, 0.5) is 0 Å². The van der Waals surface area contributed by atoms with E-state index in [0.717, 1.165) is 11.3 Å². The largest absolute Gasteiger partial charge is 0.497 e. The molecule has 0 saturated heterocycles. The van der Waals surface area contributed by atoms with Crippen LogP contribution in [0.5, 0.6) is 5.75 Å². The van der Waals surface area contributed by atoms with Gasteiger partial charge in [0.25, 0.3) is 5.91 Å². The summed E-state index contributed by atoms with van der Waals surface area (Å²) in [6.07, 6.45) is 3.57. The third-order valence-corrected chi connectivity index (χ3v) is 3.59. The molecule has 0 saturated carbocycles. The van der Waals surface area contributed by atoms with Crippen molar-refractivity contribution >= 4 is 5.91 Å². The van der Waals surface area contributed by atoms with Gasteiger partial charge < -0.3 is 10.1 Å². The van der Waals surface area contributed by atoms with Crippen LogP contribution in [0.2, 0.25) is 0 Å². The van der Waals surface area contributed by atoms with Crippen molar-refractivity contribution in [2.24, 2.45) is 0 Å². The van der Waals surface area contributed by atoms with Crippen LogP contribution in [0.25, 0.3) is 11.3 Å². The maximum absolute atomic E-state index is 12.3. The lowest BCUT2D eigenvalue weighted by Crippen LogP contribution is -2.36. The summed E-state index contributed by atoms with van der Waals surface area (Å²) in [6.45, 7) is 2.54. The number of hydrogen-bond donors (Lipinski definition) is 2. The summed E-state index contributed by atoms with van der Waals surface area (Å²) >= 11 is 0. The predicted octanol–water partition coefficient (Wildman–Crippen LogP) is 2.10. The van der Waals surface area contributed by atoms with Gasteiger partial charge in [-0.15, -0.1) is 0 Å². The molecular formula is C17H19N5O2. The molecule has 0 aliphatic heterocycles. The lowest BCUT2D eigenvalue weighted by molar-refractivity contribution is 0.0931. The highest BCUT2D eigenvalue weighted by Gasteiger charge is 2.14. The number of aromatic nitrogens is 4. The van der Waals surface area contributed by atoms with E-state index >= 15 is 0 Å². The molecule has 3 aromatic rings. The molecule has 1 atom stereocenters. The second-order valence-electron chi connectivity index (χ2n) is 5.50. The van der Waals surface area contributed by atoms with Gasteiger partial charge in [0.1, 0.15) is 11.4 Å². The van der Waals surface area contributed by atoms with Crippen molar-refractivity contribution < 1.29 is 9.53 Å². The average molecular weight is 325 g/mol. The molecule has 1 aromatic carbocycles. The van der Waals surface area contributed by atoms with E-state index < -0.39 is 0 Å². The van der Waals surface area contributed by atoms with Crippen molar-refractivity contribution in [3.63, 3.8) is 0 Å². The Morgan fingerprint density at radius 1 is 1.38 bits per heavy atom. The van der Waals surface area contributed by atoms with Crippen molar-refractivity contribution in [3.05, 3.63) is 54.5 Å². The highest BCUT2D eigenvalue weighted by molar-refractivity contribution is 5.93. The van der Waals surface area contributed by atoms with Crippen molar-refractivity contribution in [1.29, 1.82) is 0 Å². The molecule has 124 valence electrons. The summed E-state index contributed by atoms with van der Waals surface area (Å²) in [5.41, 5.74) is 1.99. The summed E-state index contributed by atoms with van der Waals surface area (Å²) < 4.78 is 6.99. The number of nitrogens with one attached hydrogen (secondary N) is 2. The third-order valence-electron chi connectivity index (χ3n) is 3.59. The molecule has 2 aromatic heterocycles. The van der Waals surface area contributed by atoms with Crippen molar-refractivity contribution in [2.45, 2.75) is 19.5 Å². The number of H-pyrrole nitrogens is 1. The number of ether oxygens (including phenoxy) is 1. The van der Waals surface area contributed by atoms with Gasteiger partial charge in [-0.05, 0) is 31.2 Å². The summed E-state index contributed by atoms with van der Waals surface area (Å²) in [4.78, 5) is 12.3. The SMILES string of the molecule is COc1cccc(-c2cc(C(=O)NC(C)Cn3cccn3)[nH]n2)c1. The van der Waals surface area contributed by atoms with Crippen LogP contribution < -0.4 is 10.1 Å². The van der Waals surface area contributed by atoms with Crippen molar-refractivity contribution in [2.75, 3.05) is 7.11 Å². The van der Waals surface area contributed by atoms with Gasteiger partial charge in [0, 0.05) is 24.0 Å². The number of carbonyl (C=O) groups excluding carboxylic acids is 1. The zero-order chi connectivity index (χ0) is 16.9. The molecule has 7 heteroatoms. The number of benzene rings is 1. The van der Waals surface area contributed by atoms with Crippen LogP contribution in [-0.4, -0.2) is 39.0 Å². The zero-order valence-corrected chi connectivity index (χ0v) is 13.6. The van der Waals surface area contributed by atoms with Gasteiger partial charge in [0.05, 0.1) is 19.3 Å². The van der Waals surface area contributed by atoms with Crippen LogP contribution in [0.1, 0.15) is 17.4 Å². The molecule has 0 aliphatic carbocycles. The molecule has 2 heterocycles. The first-order valence-corrected chi connectivity index (χ1v) is 7.64. The normalized spacial score (nSPS) is 11.9. The van der Waals surface area contributed by atoms with Crippen LogP contribution in [0, 0.1) is 0 Å². The fourth-order valence-electron chi connectivity index (χ4n) is 2.40. The molecular weight excluding hydrogens is 306 g/mol. The van der Waals surface area contributed by atoms with E-state index in [1.54, 1.807) is 24.1 Å². The molecule has 7 nitrogen and oxygen atoms in total. The van der Waals surface area contributed by atoms with Crippen LogP contribution in [0.3, 0.4) is 0 Å². The molecule has 24 heavy (non-hydrogen) atoms. The Hall–Kier alpha value is -3.09. The number of carbonyl (C=O) groups is 1. The smallest absolute Gasteiger partial charge is 0.269 e. The van der Waals surface area contributed by atoms with Gasteiger partial charge in [-0.1, -0.05) is 12.1 Å². The van der Waals surface area contributed by atoms with E-state index in [9.17, 15) is 4.79 Å². The number of hydrogen-bond acceptors (Lipinski definition) is 4.